The normalized spacial score (nSPS) is 19.1. The van der Waals surface area contributed by atoms with Gasteiger partial charge in [-0.2, -0.15) is 0 Å². The smallest absolute Gasteiger partial charge is 0.230 e. The first kappa shape index (κ1) is 14.7. The lowest BCUT2D eigenvalue weighted by Gasteiger charge is -2.23. The highest BCUT2D eigenvalue weighted by Crippen LogP contribution is 2.16. The summed E-state index contributed by atoms with van der Waals surface area (Å²) in [6, 6.07) is 8.07. The van der Waals surface area contributed by atoms with Gasteiger partial charge in [0.1, 0.15) is 0 Å². The third-order valence-corrected chi connectivity index (χ3v) is 4.29. The minimum Gasteiger partial charge on any atom is -0.351 e. The molecule has 1 fully saturated rings. The van der Waals surface area contributed by atoms with Gasteiger partial charge in [-0.25, -0.2) is 0 Å². The van der Waals surface area contributed by atoms with Crippen molar-refractivity contribution in [3.63, 3.8) is 0 Å². The quantitative estimate of drug-likeness (QED) is 0.877. The van der Waals surface area contributed by atoms with E-state index in [4.69, 9.17) is 11.6 Å². The fourth-order valence-electron chi connectivity index (χ4n) is 2.13. The first-order chi connectivity index (χ1) is 9.24. The molecular weight excluding hydrogens is 280 g/mol. The molecule has 104 valence electrons. The number of amides is 1. The van der Waals surface area contributed by atoms with Gasteiger partial charge in [-0.3, -0.25) is 4.79 Å². The second-order valence-corrected chi connectivity index (χ2v) is 6.16. The number of rotatable bonds is 5. The summed E-state index contributed by atoms with van der Waals surface area (Å²) in [6.45, 7) is 1.96. The average molecular weight is 299 g/mol. The molecule has 1 atom stereocenters. The van der Waals surface area contributed by atoms with Gasteiger partial charge in [-0.1, -0.05) is 23.7 Å². The largest absolute Gasteiger partial charge is 0.351 e. The van der Waals surface area contributed by atoms with Crippen LogP contribution >= 0.6 is 23.4 Å². The molecule has 19 heavy (non-hydrogen) atoms. The molecule has 1 saturated heterocycles. The first-order valence-corrected chi connectivity index (χ1v) is 8.09. The van der Waals surface area contributed by atoms with Crippen molar-refractivity contribution < 1.29 is 4.79 Å². The Morgan fingerprint density at radius 3 is 3.16 bits per heavy atom. The molecule has 1 aromatic carbocycles. The molecule has 0 unspecified atom stereocenters. The summed E-state index contributed by atoms with van der Waals surface area (Å²) in [5, 5.41) is 7.11. The van der Waals surface area contributed by atoms with Gasteiger partial charge in [-0.05, 0) is 37.1 Å². The van der Waals surface area contributed by atoms with Crippen LogP contribution < -0.4 is 10.6 Å². The topological polar surface area (TPSA) is 41.1 Å². The third kappa shape index (κ3) is 5.43. The van der Waals surface area contributed by atoms with E-state index in [9.17, 15) is 4.79 Å². The van der Waals surface area contributed by atoms with Gasteiger partial charge in [-0.15, -0.1) is 11.8 Å². The fraction of sp³-hybridized carbons (Fsp3) is 0.500. The Bertz CT molecular complexity index is 422. The van der Waals surface area contributed by atoms with Crippen LogP contribution in [0.25, 0.3) is 0 Å². The molecule has 0 bridgehead atoms. The Kier molecular flexibility index (Phi) is 6.01. The van der Waals surface area contributed by atoms with E-state index >= 15 is 0 Å². The predicted molar refractivity (Wildman–Crippen MR) is 81.6 cm³/mol. The molecule has 3 nitrogen and oxygen atoms in total. The lowest BCUT2D eigenvalue weighted by molar-refractivity contribution is -0.119. The Morgan fingerprint density at radius 1 is 1.53 bits per heavy atom. The highest BCUT2D eigenvalue weighted by Gasteiger charge is 2.14. The van der Waals surface area contributed by atoms with Crippen molar-refractivity contribution in [1.29, 1.82) is 0 Å². The van der Waals surface area contributed by atoms with Crippen LogP contribution in [0.1, 0.15) is 18.4 Å². The van der Waals surface area contributed by atoms with Crippen LogP contribution in [0.4, 0.5) is 0 Å². The van der Waals surface area contributed by atoms with E-state index in [0.717, 1.165) is 42.3 Å². The molecule has 0 radical (unpaired) electrons. The number of hydrogen-bond donors (Lipinski definition) is 2. The number of piperidine rings is 1. The van der Waals surface area contributed by atoms with Gasteiger partial charge in [0.2, 0.25) is 5.91 Å². The van der Waals surface area contributed by atoms with E-state index in [1.54, 1.807) is 11.8 Å². The van der Waals surface area contributed by atoms with E-state index in [1.165, 1.54) is 0 Å². The molecule has 1 heterocycles. The fourth-order valence-corrected chi connectivity index (χ4v) is 3.13. The van der Waals surface area contributed by atoms with Crippen LogP contribution in [0.5, 0.6) is 0 Å². The Labute approximate surface area is 123 Å². The zero-order valence-electron chi connectivity index (χ0n) is 10.8. The third-order valence-electron chi connectivity index (χ3n) is 3.05. The number of halogens is 1. The monoisotopic (exact) mass is 298 g/mol. The lowest BCUT2D eigenvalue weighted by atomic mass is 10.1. The van der Waals surface area contributed by atoms with Crippen molar-refractivity contribution in [2.45, 2.75) is 24.6 Å². The SMILES string of the molecule is O=C(CSCc1cccc(Cl)c1)N[C@H]1CCCNC1. The number of hydrogen-bond acceptors (Lipinski definition) is 3. The highest BCUT2D eigenvalue weighted by molar-refractivity contribution is 7.99. The van der Waals surface area contributed by atoms with Crippen molar-refractivity contribution in [3.8, 4) is 0 Å². The number of nitrogens with one attached hydrogen (secondary N) is 2. The van der Waals surface area contributed by atoms with Gasteiger partial charge in [0, 0.05) is 23.4 Å². The maximum Gasteiger partial charge on any atom is 0.230 e. The summed E-state index contributed by atoms with van der Waals surface area (Å²) in [4.78, 5) is 11.8. The van der Waals surface area contributed by atoms with E-state index in [0.29, 0.717) is 11.8 Å². The molecule has 1 aromatic rings. The van der Waals surface area contributed by atoms with E-state index in [2.05, 4.69) is 10.6 Å². The van der Waals surface area contributed by atoms with Crippen LogP contribution in [-0.4, -0.2) is 30.8 Å². The molecule has 2 N–H and O–H groups in total. The van der Waals surface area contributed by atoms with Crippen LogP contribution in [0, 0.1) is 0 Å². The number of carbonyl (C=O) groups is 1. The molecule has 0 spiro atoms. The summed E-state index contributed by atoms with van der Waals surface area (Å²) < 4.78 is 0. The number of thioether (sulfide) groups is 1. The highest BCUT2D eigenvalue weighted by atomic mass is 35.5. The Balaban J connectivity index is 1.66. The van der Waals surface area contributed by atoms with Crippen LogP contribution in [-0.2, 0) is 10.5 Å². The van der Waals surface area contributed by atoms with E-state index in [-0.39, 0.29) is 5.91 Å². The number of benzene rings is 1. The van der Waals surface area contributed by atoms with Crippen LogP contribution in [0.2, 0.25) is 5.02 Å². The van der Waals surface area contributed by atoms with Crippen LogP contribution in [0.15, 0.2) is 24.3 Å². The molecule has 0 aromatic heterocycles. The van der Waals surface area contributed by atoms with Crippen LogP contribution in [0.3, 0.4) is 0 Å². The minimum absolute atomic E-state index is 0.126. The van der Waals surface area contributed by atoms with Crippen molar-refractivity contribution in [2.75, 3.05) is 18.8 Å². The second kappa shape index (κ2) is 7.78. The van der Waals surface area contributed by atoms with E-state index < -0.39 is 0 Å². The summed E-state index contributed by atoms with van der Waals surface area (Å²) in [7, 11) is 0. The molecule has 5 heteroatoms. The minimum atomic E-state index is 0.126. The van der Waals surface area contributed by atoms with Crippen molar-refractivity contribution >= 4 is 29.3 Å². The zero-order chi connectivity index (χ0) is 13.5. The lowest BCUT2D eigenvalue weighted by Crippen LogP contribution is -2.46. The molecule has 2 rings (SSSR count). The molecule has 1 aliphatic heterocycles. The standard InChI is InChI=1S/C14H19ClN2OS/c15-12-4-1-3-11(7-12)9-19-10-14(18)17-13-5-2-6-16-8-13/h1,3-4,7,13,16H,2,5-6,8-10H2,(H,17,18)/t13-/m0/s1. The summed E-state index contributed by atoms with van der Waals surface area (Å²) in [5.41, 5.74) is 1.16. The molecule has 0 saturated carbocycles. The first-order valence-electron chi connectivity index (χ1n) is 6.56. The van der Waals surface area contributed by atoms with Gasteiger partial charge in [0.25, 0.3) is 0 Å². The zero-order valence-corrected chi connectivity index (χ0v) is 12.4. The summed E-state index contributed by atoms with van der Waals surface area (Å²) in [6.07, 6.45) is 2.22. The Hall–Kier alpha value is -0.710. The molecule has 1 aliphatic rings. The average Bonchev–Trinajstić information content (AvgIpc) is 2.40. The van der Waals surface area contributed by atoms with Crippen molar-refractivity contribution in [1.82, 2.24) is 10.6 Å². The number of carbonyl (C=O) groups excluding carboxylic acids is 1. The molecule has 0 aliphatic carbocycles. The van der Waals surface area contributed by atoms with Crippen molar-refractivity contribution in [2.24, 2.45) is 0 Å². The molecular formula is C14H19ClN2OS. The second-order valence-electron chi connectivity index (χ2n) is 4.73. The van der Waals surface area contributed by atoms with E-state index in [1.807, 2.05) is 24.3 Å². The maximum atomic E-state index is 11.8. The Morgan fingerprint density at radius 2 is 2.42 bits per heavy atom. The summed E-state index contributed by atoms with van der Waals surface area (Å²) >= 11 is 7.54. The van der Waals surface area contributed by atoms with Gasteiger partial charge in [0.05, 0.1) is 5.75 Å². The predicted octanol–water partition coefficient (Wildman–Crippen LogP) is 2.44. The molecule has 1 amide bonds. The van der Waals surface area contributed by atoms with Gasteiger partial charge < -0.3 is 10.6 Å². The van der Waals surface area contributed by atoms with Crippen molar-refractivity contribution in [3.05, 3.63) is 34.9 Å². The maximum absolute atomic E-state index is 11.8. The van der Waals surface area contributed by atoms with Gasteiger partial charge in [0.15, 0.2) is 0 Å². The summed E-state index contributed by atoms with van der Waals surface area (Å²) in [5.74, 6) is 1.45. The van der Waals surface area contributed by atoms with Gasteiger partial charge >= 0.3 is 0 Å².